The van der Waals surface area contributed by atoms with Crippen molar-refractivity contribution in [1.82, 2.24) is 15.0 Å². The third-order valence-corrected chi connectivity index (χ3v) is 4.47. The standard InChI is InChI=1S/C21H23N3O6/c1-24(21(25)15-8-7-14(26-2)11-17(15)28-4)12-19-22-20(23-30-19)13-6-9-16(27-3)18(10-13)29-5/h6-11H,12H2,1-5H3. The van der Waals surface area contributed by atoms with E-state index < -0.39 is 0 Å². The van der Waals surface area contributed by atoms with Gasteiger partial charge in [-0.15, -0.1) is 0 Å². The molecular weight excluding hydrogens is 390 g/mol. The highest BCUT2D eigenvalue weighted by Crippen LogP contribution is 2.31. The summed E-state index contributed by atoms with van der Waals surface area (Å²) in [6, 6.07) is 10.3. The summed E-state index contributed by atoms with van der Waals surface area (Å²) in [6.07, 6.45) is 0. The van der Waals surface area contributed by atoms with Crippen LogP contribution < -0.4 is 18.9 Å². The molecule has 0 unspecified atom stereocenters. The van der Waals surface area contributed by atoms with Crippen LogP contribution in [0, 0.1) is 0 Å². The van der Waals surface area contributed by atoms with Crippen molar-refractivity contribution in [2.45, 2.75) is 6.54 Å². The lowest BCUT2D eigenvalue weighted by molar-refractivity contribution is 0.0766. The minimum Gasteiger partial charge on any atom is -0.497 e. The van der Waals surface area contributed by atoms with E-state index in [0.717, 1.165) is 0 Å². The van der Waals surface area contributed by atoms with Crippen LogP contribution in [0.5, 0.6) is 23.0 Å². The van der Waals surface area contributed by atoms with Gasteiger partial charge in [-0.1, -0.05) is 5.16 Å². The predicted octanol–water partition coefficient (Wildman–Crippen LogP) is 3.04. The maximum Gasteiger partial charge on any atom is 0.257 e. The molecule has 0 radical (unpaired) electrons. The second-order valence-electron chi connectivity index (χ2n) is 6.31. The lowest BCUT2D eigenvalue weighted by atomic mass is 10.1. The summed E-state index contributed by atoms with van der Waals surface area (Å²) in [4.78, 5) is 18.7. The maximum atomic E-state index is 12.8. The molecule has 0 spiro atoms. The number of nitrogens with zero attached hydrogens (tertiary/aromatic N) is 3. The van der Waals surface area contributed by atoms with Crippen molar-refractivity contribution < 1.29 is 28.3 Å². The van der Waals surface area contributed by atoms with Crippen molar-refractivity contribution >= 4 is 5.91 Å². The summed E-state index contributed by atoms with van der Waals surface area (Å²) >= 11 is 0. The topological polar surface area (TPSA) is 96.2 Å². The molecule has 0 aliphatic rings. The third kappa shape index (κ3) is 4.29. The van der Waals surface area contributed by atoms with Gasteiger partial charge in [-0.05, 0) is 30.3 Å². The van der Waals surface area contributed by atoms with Crippen LogP contribution in [0.1, 0.15) is 16.2 Å². The number of carbonyl (C=O) groups excluding carboxylic acids is 1. The molecule has 0 aliphatic carbocycles. The number of amides is 1. The molecule has 2 aromatic carbocycles. The molecule has 158 valence electrons. The Kier molecular flexibility index (Phi) is 6.41. The summed E-state index contributed by atoms with van der Waals surface area (Å²) in [6.45, 7) is 0.133. The minimum absolute atomic E-state index is 0.133. The van der Waals surface area contributed by atoms with E-state index >= 15 is 0 Å². The van der Waals surface area contributed by atoms with Gasteiger partial charge >= 0.3 is 0 Å². The number of hydrogen-bond donors (Lipinski definition) is 0. The second kappa shape index (κ2) is 9.17. The van der Waals surface area contributed by atoms with E-state index in [2.05, 4.69) is 10.1 Å². The average Bonchev–Trinajstić information content (AvgIpc) is 3.25. The van der Waals surface area contributed by atoms with Crippen LogP contribution in [-0.2, 0) is 6.54 Å². The molecule has 9 heteroatoms. The third-order valence-electron chi connectivity index (χ3n) is 4.47. The van der Waals surface area contributed by atoms with Gasteiger partial charge in [-0.2, -0.15) is 4.98 Å². The van der Waals surface area contributed by atoms with E-state index in [9.17, 15) is 4.79 Å². The van der Waals surface area contributed by atoms with Gasteiger partial charge in [-0.3, -0.25) is 4.79 Å². The van der Waals surface area contributed by atoms with Gasteiger partial charge in [0.15, 0.2) is 11.5 Å². The molecule has 0 atom stereocenters. The van der Waals surface area contributed by atoms with Gasteiger partial charge in [0.1, 0.15) is 18.0 Å². The Hall–Kier alpha value is -3.75. The number of hydrogen-bond acceptors (Lipinski definition) is 8. The molecule has 0 saturated carbocycles. The molecule has 0 saturated heterocycles. The molecule has 1 amide bonds. The van der Waals surface area contributed by atoms with Crippen LogP contribution in [0.25, 0.3) is 11.4 Å². The maximum absolute atomic E-state index is 12.8. The number of methoxy groups -OCH3 is 4. The monoisotopic (exact) mass is 413 g/mol. The van der Waals surface area contributed by atoms with E-state index in [4.69, 9.17) is 23.5 Å². The number of rotatable bonds is 8. The van der Waals surface area contributed by atoms with Gasteiger partial charge in [0.05, 0.1) is 34.0 Å². The summed E-state index contributed by atoms with van der Waals surface area (Å²) in [5.41, 5.74) is 1.11. The molecule has 9 nitrogen and oxygen atoms in total. The van der Waals surface area contributed by atoms with Gasteiger partial charge in [0.25, 0.3) is 5.91 Å². The van der Waals surface area contributed by atoms with E-state index in [1.165, 1.54) is 12.0 Å². The molecule has 0 bridgehead atoms. The van der Waals surface area contributed by atoms with Gasteiger partial charge in [0.2, 0.25) is 11.7 Å². The number of ether oxygens (including phenoxy) is 4. The molecule has 0 N–H and O–H groups in total. The molecule has 1 heterocycles. The Bertz CT molecular complexity index is 1030. The molecule has 1 aromatic heterocycles. The van der Waals surface area contributed by atoms with E-state index in [0.29, 0.717) is 45.8 Å². The van der Waals surface area contributed by atoms with Crippen molar-refractivity contribution in [1.29, 1.82) is 0 Å². The second-order valence-corrected chi connectivity index (χ2v) is 6.31. The SMILES string of the molecule is COc1ccc(C(=O)N(C)Cc2nc(-c3ccc(OC)c(OC)c3)no2)c(OC)c1. The highest BCUT2D eigenvalue weighted by molar-refractivity contribution is 5.97. The highest BCUT2D eigenvalue weighted by Gasteiger charge is 2.20. The molecule has 0 fully saturated rings. The van der Waals surface area contributed by atoms with Crippen LogP contribution in [0.15, 0.2) is 40.9 Å². The summed E-state index contributed by atoms with van der Waals surface area (Å²) < 4.78 is 26.3. The van der Waals surface area contributed by atoms with Gasteiger partial charge < -0.3 is 28.4 Å². The van der Waals surface area contributed by atoms with Crippen LogP contribution in [0.2, 0.25) is 0 Å². The quantitative estimate of drug-likeness (QED) is 0.556. The highest BCUT2D eigenvalue weighted by atomic mass is 16.5. The Morgan fingerprint density at radius 1 is 0.933 bits per heavy atom. The first kappa shape index (κ1) is 21.0. The molecular formula is C21H23N3O6. The number of aromatic nitrogens is 2. The Labute approximate surface area is 174 Å². The van der Waals surface area contributed by atoms with Crippen molar-refractivity contribution in [3.63, 3.8) is 0 Å². The summed E-state index contributed by atoms with van der Waals surface area (Å²) in [5, 5.41) is 4.00. The number of carbonyl (C=O) groups is 1. The summed E-state index contributed by atoms with van der Waals surface area (Å²) in [5.74, 6) is 2.60. The first-order valence-electron chi connectivity index (χ1n) is 9.03. The van der Waals surface area contributed by atoms with Gasteiger partial charge in [0, 0.05) is 18.7 Å². The van der Waals surface area contributed by atoms with Crippen molar-refractivity contribution in [3.8, 4) is 34.4 Å². The fraction of sp³-hybridized carbons (Fsp3) is 0.286. The molecule has 3 rings (SSSR count). The largest absolute Gasteiger partial charge is 0.497 e. The zero-order valence-corrected chi connectivity index (χ0v) is 17.5. The summed E-state index contributed by atoms with van der Waals surface area (Å²) in [7, 11) is 7.81. The van der Waals surface area contributed by atoms with E-state index in [1.807, 2.05) is 0 Å². The normalized spacial score (nSPS) is 10.4. The lowest BCUT2D eigenvalue weighted by Gasteiger charge is -2.17. The Morgan fingerprint density at radius 3 is 2.33 bits per heavy atom. The predicted molar refractivity (Wildman–Crippen MR) is 108 cm³/mol. The van der Waals surface area contributed by atoms with Crippen LogP contribution >= 0.6 is 0 Å². The first-order chi connectivity index (χ1) is 14.5. The van der Waals surface area contributed by atoms with Crippen LogP contribution in [-0.4, -0.2) is 56.4 Å². The fourth-order valence-corrected chi connectivity index (χ4v) is 2.87. The Balaban J connectivity index is 1.76. The number of benzene rings is 2. The van der Waals surface area contributed by atoms with Gasteiger partial charge in [-0.25, -0.2) is 0 Å². The van der Waals surface area contributed by atoms with Crippen molar-refractivity contribution in [3.05, 3.63) is 47.9 Å². The fourth-order valence-electron chi connectivity index (χ4n) is 2.87. The average molecular weight is 413 g/mol. The van der Waals surface area contributed by atoms with E-state index in [-0.39, 0.29) is 12.5 Å². The van der Waals surface area contributed by atoms with Crippen molar-refractivity contribution in [2.75, 3.05) is 35.5 Å². The molecule has 0 aliphatic heterocycles. The first-order valence-corrected chi connectivity index (χ1v) is 9.03. The smallest absolute Gasteiger partial charge is 0.257 e. The zero-order chi connectivity index (χ0) is 21.7. The van der Waals surface area contributed by atoms with Crippen LogP contribution in [0.3, 0.4) is 0 Å². The zero-order valence-electron chi connectivity index (χ0n) is 17.5. The van der Waals surface area contributed by atoms with Crippen molar-refractivity contribution in [2.24, 2.45) is 0 Å². The minimum atomic E-state index is -0.250. The lowest BCUT2D eigenvalue weighted by Crippen LogP contribution is -2.26. The Morgan fingerprint density at radius 2 is 1.67 bits per heavy atom. The molecule has 30 heavy (non-hydrogen) atoms. The molecule has 3 aromatic rings. The van der Waals surface area contributed by atoms with Crippen LogP contribution in [0.4, 0.5) is 0 Å². The van der Waals surface area contributed by atoms with E-state index in [1.54, 1.807) is 64.8 Å².